The summed E-state index contributed by atoms with van der Waals surface area (Å²) in [4.78, 5) is 9.88. The van der Waals surface area contributed by atoms with E-state index in [9.17, 15) is 4.39 Å². The van der Waals surface area contributed by atoms with Crippen molar-refractivity contribution >= 4 is 22.3 Å². The molecule has 0 bridgehead atoms. The zero-order valence-electron chi connectivity index (χ0n) is 14.4. The van der Waals surface area contributed by atoms with Gasteiger partial charge in [-0.3, -0.25) is 0 Å². The summed E-state index contributed by atoms with van der Waals surface area (Å²) in [6.45, 7) is 1.15. The molecule has 2 N–H and O–H groups in total. The van der Waals surface area contributed by atoms with Crippen molar-refractivity contribution in [1.82, 2.24) is 15.3 Å². The fraction of sp³-hybridized carbons (Fsp3) is 0.300. The number of pyridine rings is 1. The summed E-state index contributed by atoms with van der Waals surface area (Å²) in [5, 5.41) is 7.55. The molecule has 1 aliphatic heterocycles. The predicted molar refractivity (Wildman–Crippen MR) is 104 cm³/mol. The van der Waals surface area contributed by atoms with E-state index in [0.29, 0.717) is 6.04 Å². The minimum absolute atomic E-state index is 0.232. The summed E-state index contributed by atoms with van der Waals surface area (Å²) < 4.78 is 13.0. The Hall–Kier alpha value is -2.31. The van der Waals surface area contributed by atoms with Crippen molar-refractivity contribution in [2.75, 3.05) is 11.9 Å². The Kier molecular flexibility index (Phi) is 5.22. The molecule has 3 aromatic rings. The Morgan fingerprint density at radius 3 is 2.73 bits per heavy atom. The van der Waals surface area contributed by atoms with Crippen LogP contribution in [0, 0.1) is 5.82 Å². The Morgan fingerprint density at radius 1 is 1.12 bits per heavy atom. The third kappa shape index (κ3) is 4.26. The quantitative estimate of drug-likeness (QED) is 0.658. The molecular formula is C20H21FN4S. The van der Waals surface area contributed by atoms with E-state index in [2.05, 4.69) is 26.7 Å². The van der Waals surface area contributed by atoms with E-state index in [-0.39, 0.29) is 5.82 Å². The van der Waals surface area contributed by atoms with Crippen LogP contribution in [-0.2, 0) is 6.42 Å². The molecule has 3 heterocycles. The van der Waals surface area contributed by atoms with Gasteiger partial charge in [-0.25, -0.2) is 14.4 Å². The van der Waals surface area contributed by atoms with Gasteiger partial charge in [0, 0.05) is 18.4 Å². The van der Waals surface area contributed by atoms with Crippen molar-refractivity contribution in [3.8, 4) is 10.4 Å². The minimum atomic E-state index is -0.232. The molecular weight excluding hydrogens is 347 g/mol. The van der Waals surface area contributed by atoms with Gasteiger partial charge in [0.05, 0.1) is 4.88 Å². The average molecular weight is 368 g/mol. The van der Waals surface area contributed by atoms with Gasteiger partial charge in [-0.05, 0) is 61.6 Å². The van der Waals surface area contributed by atoms with Gasteiger partial charge in [-0.2, -0.15) is 0 Å². The molecule has 26 heavy (non-hydrogen) atoms. The van der Waals surface area contributed by atoms with Gasteiger partial charge in [0.15, 0.2) is 5.13 Å². The van der Waals surface area contributed by atoms with Crippen molar-refractivity contribution in [2.45, 2.75) is 31.7 Å². The predicted octanol–water partition coefficient (Wildman–Crippen LogP) is 4.77. The van der Waals surface area contributed by atoms with Crippen LogP contribution in [0.5, 0.6) is 0 Å². The topological polar surface area (TPSA) is 49.8 Å². The number of halogens is 1. The lowest BCUT2D eigenvalue weighted by atomic mass is 10.1. The van der Waals surface area contributed by atoms with Crippen molar-refractivity contribution in [2.24, 2.45) is 0 Å². The second kappa shape index (κ2) is 7.93. The van der Waals surface area contributed by atoms with Crippen LogP contribution in [0.15, 0.2) is 48.8 Å². The van der Waals surface area contributed by atoms with Gasteiger partial charge in [-0.15, -0.1) is 0 Å². The number of benzene rings is 1. The first-order valence-electron chi connectivity index (χ1n) is 8.93. The maximum absolute atomic E-state index is 13.0. The Labute approximate surface area is 156 Å². The summed E-state index contributed by atoms with van der Waals surface area (Å²) in [6, 6.07) is 11.2. The van der Waals surface area contributed by atoms with Gasteiger partial charge >= 0.3 is 0 Å². The third-order valence-corrected chi connectivity index (χ3v) is 5.60. The maximum Gasteiger partial charge on any atom is 0.188 e. The summed E-state index contributed by atoms with van der Waals surface area (Å²) in [5.41, 5.74) is 2.22. The Balaban J connectivity index is 1.36. The summed E-state index contributed by atoms with van der Waals surface area (Å²) in [7, 11) is 0. The van der Waals surface area contributed by atoms with E-state index >= 15 is 0 Å². The molecule has 0 radical (unpaired) electrons. The average Bonchev–Trinajstić information content (AvgIpc) is 3.34. The van der Waals surface area contributed by atoms with Crippen molar-refractivity contribution < 1.29 is 4.39 Å². The summed E-state index contributed by atoms with van der Waals surface area (Å²) >= 11 is 1.52. The molecule has 1 saturated heterocycles. The first-order valence-corrected chi connectivity index (χ1v) is 9.75. The number of nitrogens with one attached hydrogen (secondary N) is 2. The van der Waals surface area contributed by atoms with Crippen molar-refractivity contribution in [3.05, 3.63) is 60.2 Å². The molecule has 0 aliphatic carbocycles. The van der Waals surface area contributed by atoms with Gasteiger partial charge in [0.1, 0.15) is 11.6 Å². The number of aryl methyl sites for hydroxylation is 1. The lowest BCUT2D eigenvalue weighted by molar-refractivity contribution is 0.559. The fourth-order valence-electron chi connectivity index (χ4n) is 3.18. The SMILES string of the molecule is Fc1ccc(-c2cnc(Nc3ccc(CC[C@H]4CCCN4)cn3)s2)cc1. The van der Waals surface area contributed by atoms with E-state index < -0.39 is 0 Å². The zero-order chi connectivity index (χ0) is 17.8. The van der Waals surface area contributed by atoms with Crippen LogP contribution < -0.4 is 10.6 Å². The summed E-state index contributed by atoms with van der Waals surface area (Å²) in [5.74, 6) is 0.553. The molecule has 1 atom stereocenters. The maximum atomic E-state index is 13.0. The van der Waals surface area contributed by atoms with Gasteiger partial charge in [0.2, 0.25) is 0 Å². The van der Waals surface area contributed by atoms with E-state index in [0.717, 1.165) is 34.4 Å². The van der Waals surface area contributed by atoms with Crippen LogP contribution in [0.3, 0.4) is 0 Å². The molecule has 6 heteroatoms. The molecule has 2 aromatic heterocycles. The molecule has 1 fully saturated rings. The van der Waals surface area contributed by atoms with Gasteiger partial charge in [-0.1, -0.05) is 29.5 Å². The number of hydrogen-bond acceptors (Lipinski definition) is 5. The lowest BCUT2D eigenvalue weighted by Crippen LogP contribution is -2.21. The molecule has 0 saturated carbocycles. The number of rotatable bonds is 6. The Morgan fingerprint density at radius 2 is 2.00 bits per heavy atom. The minimum Gasteiger partial charge on any atom is -0.316 e. The monoisotopic (exact) mass is 368 g/mol. The molecule has 0 spiro atoms. The highest BCUT2D eigenvalue weighted by Gasteiger charge is 2.13. The van der Waals surface area contributed by atoms with E-state index in [4.69, 9.17) is 0 Å². The second-order valence-corrected chi connectivity index (χ2v) is 7.58. The largest absolute Gasteiger partial charge is 0.316 e. The highest BCUT2D eigenvalue weighted by atomic mass is 32.1. The van der Waals surface area contributed by atoms with Crippen LogP contribution >= 0.6 is 11.3 Å². The molecule has 134 valence electrons. The fourth-order valence-corrected chi connectivity index (χ4v) is 4.01. The summed E-state index contributed by atoms with van der Waals surface area (Å²) in [6.07, 6.45) is 8.53. The smallest absolute Gasteiger partial charge is 0.188 e. The van der Waals surface area contributed by atoms with E-state index in [1.165, 1.54) is 48.3 Å². The molecule has 0 amide bonds. The normalized spacial score (nSPS) is 16.7. The second-order valence-electron chi connectivity index (χ2n) is 6.55. The first-order chi connectivity index (χ1) is 12.8. The van der Waals surface area contributed by atoms with Crippen LogP contribution in [0.25, 0.3) is 10.4 Å². The number of hydrogen-bond donors (Lipinski definition) is 2. The molecule has 4 rings (SSSR count). The van der Waals surface area contributed by atoms with Crippen LogP contribution in [0.4, 0.5) is 15.3 Å². The number of aromatic nitrogens is 2. The third-order valence-electron chi connectivity index (χ3n) is 4.64. The van der Waals surface area contributed by atoms with E-state index in [1.54, 1.807) is 18.3 Å². The van der Waals surface area contributed by atoms with Crippen LogP contribution in [-0.4, -0.2) is 22.6 Å². The standard InChI is InChI=1S/C20H21FN4S/c21-16-7-5-15(6-8-16)18-13-24-20(26-18)25-19-10-4-14(12-23-19)3-9-17-2-1-11-22-17/h4-8,10,12-13,17,22H,1-3,9,11H2,(H,23,24,25)/t17-/m1/s1. The number of thiazole rings is 1. The van der Waals surface area contributed by atoms with Crippen LogP contribution in [0.1, 0.15) is 24.8 Å². The van der Waals surface area contributed by atoms with Gasteiger partial charge < -0.3 is 10.6 Å². The number of nitrogens with zero attached hydrogens (tertiary/aromatic N) is 2. The molecule has 1 aliphatic rings. The highest BCUT2D eigenvalue weighted by molar-refractivity contribution is 7.18. The Bertz CT molecular complexity index is 839. The highest BCUT2D eigenvalue weighted by Crippen LogP contribution is 2.30. The molecule has 0 unspecified atom stereocenters. The lowest BCUT2D eigenvalue weighted by Gasteiger charge is -2.09. The number of anilines is 2. The van der Waals surface area contributed by atoms with Crippen molar-refractivity contribution in [3.63, 3.8) is 0 Å². The van der Waals surface area contributed by atoms with Crippen molar-refractivity contribution in [1.29, 1.82) is 0 Å². The van der Waals surface area contributed by atoms with E-state index in [1.807, 2.05) is 12.3 Å². The molecule has 1 aromatic carbocycles. The van der Waals surface area contributed by atoms with Crippen LogP contribution in [0.2, 0.25) is 0 Å². The van der Waals surface area contributed by atoms with Gasteiger partial charge in [0.25, 0.3) is 0 Å². The first kappa shape index (κ1) is 17.1. The molecule has 4 nitrogen and oxygen atoms in total. The zero-order valence-corrected chi connectivity index (χ0v) is 15.2.